The van der Waals surface area contributed by atoms with Gasteiger partial charge in [-0.15, -0.1) is 12.4 Å². The number of anilines is 1. The fourth-order valence-electron chi connectivity index (χ4n) is 2.26. The zero-order valence-corrected chi connectivity index (χ0v) is 13.2. The molecule has 0 bridgehead atoms. The molecule has 1 aromatic rings. The molecule has 1 fully saturated rings. The zero-order chi connectivity index (χ0) is 14.2. The van der Waals surface area contributed by atoms with E-state index in [9.17, 15) is 4.79 Å². The number of nitrogens with zero attached hydrogens (tertiary/aromatic N) is 1. The van der Waals surface area contributed by atoms with Crippen LogP contribution in [0.4, 0.5) is 10.5 Å². The van der Waals surface area contributed by atoms with Gasteiger partial charge in [-0.05, 0) is 45.0 Å². The van der Waals surface area contributed by atoms with Gasteiger partial charge in [0.05, 0.1) is 6.61 Å². The molecule has 0 atom stereocenters. The molecular weight excluding hydrogens is 292 g/mol. The minimum absolute atomic E-state index is 0. The standard InChI is InChI=1S/C15H22N2O3.ClH/c1-2-19-14-7-5-6-13(12-14)16-15(18)20-11-10-17-8-3-4-9-17;/h5-7,12H,2-4,8-11H2,1H3,(H,16,18);1H. The topological polar surface area (TPSA) is 50.8 Å². The van der Waals surface area contributed by atoms with E-state index in [0.717, 1.165) is 25.4 Å². The Morgan fingerprint density at radius 1 is 1.33 bits per heavy atom. The molecule has 0 spiro atoms. The fraction of sp³-hybridized carbons (Fsp3) is 0.533. The lowest BCUT2D eigenvalue weighted by atomic mass is 10.3. The van der Waals surface area contributed by atoms with Crippen LogP contribution in [0.5, 0.6) is 5.75 Å². The van der Waals surface area contributed by atoms with Crippen molar-refractivity contribution in [1.82, 2.24) is 4.90 Å². The molecule has 118 valence electrons. The highest BCUT2D eigenvalue weighted by molar-refractivity contribution is 5.85. The number of nitrogens with one attached hydrogen (secondary N) is 1. The van der Waals surface area contributed by atoms with Crippen molar-refractivity contribution >= 4 is 24.2 Å². The number of carbonyl (C=O) groups is 1. The predicted octanol–water partition coefficient (Wildman–Crippen LogP) is 3.15. The van der Waals surface area contributed by atoms with E-state index in [2.05, 4.69) is 10.2 Å². The van der Waals surface area contributed by atoms with Gasteiger partial charge in [0.25, 0.3) is 0 Å². The number of rotatable bonds is 6. The molecule has 1 saturated heterocycles. The van der Waals surface area contributed by atoms with E-state index in [1.165, 1.54) is 12.8 Å². The molecule has 1 aliphatic heterocycles. The summed E-state index contributed by atoms with van der Waals surface area (Å²) in [5, 5.41) is 2.71. The Kier molecular flexibility index (Phi) is 7.93. The molecule has 0 radical (unpaired) electrons. The van der Waals surface area contributed by atoms with Gasteiger partial charge >= 0.3 is 6.09 Å². The first-order valence-electron chi connectivity index (χ1n) is 7.17. The van der Waals surface area contributed by atoms with E-state index in [-0.39, 0.29) is 12.4 Å². The summed E-state index contributed by atoms with van der Waals surface area (Å²) in [5.74, 6) is 0.738. The maximum Gasteiger partial charge on any atom is 0.411 e. The maximum atomic E-state index is 11.7. The lowest BCUT2D eigenvalue weighted by Crippen LogP contribution is -2.26. The van der Waals surface area contributed by atoms with E-state index < -0.39 is 6.09 Å². The quantitative estimate of drug-likeness (QED) is 0.876. The second-order valence-electron chi connectivity index (χ2n) is 4.77. The predicted molar refractivity (Wildman–Crippen MR) is 85.5 cm³/mol. The number of ether oxygens (including phenoxy) is 2. The Hall–Kier alpha value is -1.46. The summed E-state index contributed by atoms with van der Waals surface area (Å²) in [6.07, 6.45) is 2.07. The molecule has 21 heavy (non-hydrogen) atoms. The first-order valence-corrected chi connectivity index (χ1v) is 7.17. The van der Waals surface area contributed by atoms with E-state index in [0.29, 0.717) is 18.9 Å². The summed E-state index contributed by atoms with van der Waals surface area (Å²) in [5.41, 5.74) is 0.683. The van der Waals surface area contributed by atoms with E-state index >= 15 is 0 Å². The van der Waals surface area contributed by atoms with Crippen molar-refractivity contribution in [3.8, 4) is 5.75 Å². The van der Waals surface area contributed by atoms with Crippen LogP contribution in [0.15, 0.2) is 24.3 Å². The smallest absolute Gasteiger partial charge is 0.411 e. The number of benzene rings is 1. The van der Waals surface area contributed by atoms with Gasteiger partial charge < -0.3 is 9.47 Å². The summed E-state index contributed by atoms with van der Waals surface area (Å²) in [4.78, 5) is 14.0. The van der Waals surface area contributed by atoms with Crippen LogP contribution in [0.1, 0.15) is 19.8 Å². The number of hydrogen-bond acceptors (Lipinski definition) is 4. The van der Waals surface area contributed by atoms with Crippen LogP contribution in [0.25, 0.3) is 0 Å². The molecule has 1 amide bonds. The van der Waals surface area contributed by atoms with Gasteiger partial charge in [0.2, 0.25) is 0 Å². The van der Waals surface area contributed by atoms with Crippen LogP contribution in [-0.2, 0) is 4.74 Å². The second-order valence-corrected chi connectivity index (χ2v) is 4.77. The first kappa shape index (κ1) is 17.6. The lowest BCUT2D eigenvalue weighted by molar-refractivity contribution is 0.146. The lowest BCUT2D eigenvalue weighted by Gasteiger charge is -2.14. The molecule has 0 aliphatic carbocycles. The summed E-state index contributed by atoms with van der Waals surface area (Å²) < 4.78 is 10.6. The van der Waals surface area contributed by atoms with Gasteiger partial charge in [-0.3, -0.25) is 10.2 Å². The Bertz CT molecular complexity index is 437. The molecule has 1 aliphatic rings. The Morgan fingerprint density at radius 3 is 2.81 bits per heavy atom. The van der Waals surface area contributed by atoms with Gasteiger partial charge in [-0.2, -0.15) is 0 Å². The van der Waals surface area contributed by atoms with Crippen LogP contribution >= 0.6 is 12.4 Å². The number of amides is 1. The summed E-state index contributed by atoms with van der Waals surface area (Å²) in [6, 6.07) is 7.29. The monoisotopic (exact) mass is 314 g/mol. The van der Waals surface area contributed by atoms with Crippen molar-refractivity contribution in [3.63, 3.8) is 0 Å². The third-order valence-corrected chi connectivity index (χ3v) is 3.23. The molecule has 0 aromatic heterocycles. The normalized spacial score (nSPS) is 14.3. The third kappa shape index (κ3) is 6.23. The summed E-state index contributed by atoms with van der Waals surface area (Å²) in [6.45, 7) is 5.99. The van der Waals surface area contributed by atoms with Crippen molar-refractivity contribution in [1.29, 1.82) is 0 Å². The number of likely N-dealkylation sites (tertiary alicyclic amines) is 1. The third-order valence-electron chi connectivity index (χ3n) is 3.23. The van der Waals surface area contributed by atoms with Gasteiger partial charge in [0.15, 0.2) is 0 Å². The molecule has 1 N–H and O–H groups in total. The van der Waals surface area contributed by atoms with E-state index in [1.54, 1.807) is 6.07 Å². The van der Waals surface area contributed by atoms with Crippen LogP contribution in [0.3, 0.4) is 0 Å². The number of halogens is 1. The summed E-state index contributed by atoms with van der Waals surface area (Å²) >= 11 is 0. The maximum absolute atomic E-state index is 11.7. The van der Waals surface area contributed by atoms with E-state index in [1.807, 2.05) is 25.1 Å². The van der Waals surface area contributed by atoms with Crippen LogP contribution in [-0.4, -0.2) is 43.8 Å². The van der Waals surface area contributed by atoms with Gasteiger partial charge in [-0.1, -0.05) is 6.07 Å². The van der Waals surface area contributed by atoms with Crippen molar-refractivity contribution in [3.05, 3.63) is 24.3 Å². The largest absolute Gasteiger partial charge is 0.494 e. The molecule has 6 heteroatoms. The van der Waals surface area contributed by atoms with Gasteiger partial charge in [0, 0.05) is 18.3 Å². The Morgan fingerprint density at radius 2 is 2.10 bits per heavy atom. The average molecular weight is 315 g/mol. The van der Waals surface area contributed by atoms with Crippen molar-refractivity contribution < 1.29 is 14.3 Å². The average Bonchev–Trinajstić information content (AvgIpc) is 2.93. The Labute approximate surface area is 132 Å². The second kappa shape index (κ2) is 9.47. The number of carbonyl (C=O) groups excluding carboxylic acids is 1. The molecule has 0 unspecified atom stereocenters. The molecule has 5 nitrogen and oxygen atoms in total. The minimum atomic E-state index is -0.419. The SMILES string of the molecule is CCOc1cccc(NC(=O)OCCN2CCCC2)c1.Cl. The molecule has 1 aromatic carbocycles. The van der Waals surface area contributed by atoms with Crippen molar-refractivity contribution in [2.24, 2.45) is 0 Å². The van der Waals surface area contributed by atoms with Crippen molar-refractivity contribution in [2.45, 2.75) is 19.8 Å². The zero-order valence-electron chi connectivity index (χ0n) is 12.3. The van der Waals surface area contributed by atoms with Crippen LogP contribution < -0.4 is 10.1 Å². The van der Waals surface area contributed by atoms with Crippen LogP contribution in [0, 0.1) is 0 Å². The molecule has 2 rings (SSSR count). The number of hydrogen-bond donors (Lipinski definition) is 1. The highest BCUT2D eigenvalue weighted by atomic mass is 35.5. The Balaban J connectivity index is 0.00000220. The molecular formula is C15H23ClN2O3. The first-order chi connectivity index (χ1) is 9.78. The highest BCUT2D eigenvalue weighted by Gasteiger charge is 2.11. The fourth-order valence-corrected chi connectivity index (χ4v) is 2.26. The highest BCUT2D eigenvalue weighted by Crippen LogP contribution is 2.17. The summed E-state index contributed by atoms with van der Waals surface area (Å²) in [7, 11) is 0. The minimum Gasteiger partial charge on any atom is -0.494 e. The van der Waals surface area contributed by atoms with E-state index in [4.69, 9.17) is 9.47 Å². The molecule has 0 saturated carbocycles. The van der Waals surface area contributed by atoms with Gasteiger partial charge in [-0.25, -0.2) is 4.79 Å². The van der Waals surface area contributed by atoms with Gasteiger partial charge in [0.1, 0.15) is 12.4 Å². The van der Waals surface area contributed by atoms with Crippen molar-refractivity contribution in [2.75, 3.05) is 38.2 Å². The van der Waals surface area contributed by atoms with Crippen LogP contribution in [0.2, 0.25) is 0 Å². The molecule has 1 heterocycles.